The fourth-order valence-electron chi connectivity index (χ4n) is 4.48. The molecule has 0 radical (unpaired) electrons. The summed E-state index contributed by atoms with van der Waals surface area (Å²) in [6.45, 7) is 6.84. The maximum atomic E-state index is 13.9. The predicted molar refractivity (Wildman–Crippen MR) is 126 cm³/mol. The largest absolute Gasteiger partial charge is 0.452 e. The van der Waals surface area contributed by atoms with Crippen molar-refractivity contribution in [3.05, 3.63) is 70.9 Å². The van der Waals surface area contributed by atoms with Crippen molar-refractivity contribution < 1.29 is 18.1 Å². The molecule has 1 aliphatic heterocycles. The third-order valence-corrected chi connectivity index (χ3v) is 6.53. The van der Waals surface area contributed by atoms with Crippen LogP contribution in [0.4, 0.5) is 4.39 Å². The monoisotopic (exact) mass is 462 g/mol. The van der Waals surface area contributed by atoms with Crippen molar-refractivity contribution in [1.82, 2.24) is 20.4 Å². The van der Waals surface area contributed by atoms with Crippen LogP contribution in [0, 0.1) is 25.6 Å². The highest BCUT2D eigenvalue weighted by atomic mass is 19.1. The van der Waals surface area contributed by atoms with E-state index in [4.69, 9.17) is 8.94 Å². The molecule has 0 atom stereocenters. The number of hydrogen-bond donors (Lipinski definition) is 1. The third-order valence-electron chi connectivity index (χ3n) is 6.53. The van der Waals surface area contributed by atoms with Crippen molar-refractivity contribution in [2.24, 2.45) is 5.92 Å². The highest BCUT2D eigenvalue weighted by molar-refractivity contribution is 5.90. The van der Waals surface area contributed by atoms with Gasteiger partial charge >= 0.3 is 11.8 Å². The van der Waals surface area contributed by atoms with Crippen molar-refractivity contribution in [2.75, 3.05) is 19.6 Å². The summed E-state index contributed by atoms with van der Waals surface area (Å²) >= 11 is 0. The van der Waals surface area contributed by atoms with E-state index in [2.05, 4.69) is 20.4 Å². The molecule has 2 aromatic carbocycles. The highest BCUT2D eigenvalue weighted by Gasteiger charge is 2.24. The van der Waals surface area contributed by atoms with E-state index in [9.17, 15) is 9.18 Å². The maximum Gasteiger partial charge on any atom is 0.316 e. The molecule has 176 valence electrons. The van der Waals surface area contributed by atoms with Crippen LogP contribution in [0.3, 0.4) is 0 Å². The second kappa shape index (κ2) is 9.38. The van der Waals surface area contributed by atoms with Crippen molar-refractivity contribution in [2.45, 2.75) is 33.2 Å². The van der Waals surface area contributed by atoms with Crippen LogP contribution >= 0.6 is 0 Å². The molecule has 34 heavy (non-hydrogen) atoms. The van der Waals surface area contributed by atoms with Gasteiger partial charge in [-0.3, -0.25) is 9.69 Å². The Morgan fingerprint density at radius 3 is 2.76 bits per heavy atom. The number of furan rings is 1. The number of benzene rings is 2. The minimum atomic E-state index is -0.392. The number of carbonyl (C=O) groups excluding carboxylic acids is 1. The summed E-state index contributed by atoms with van der Waals surface area (Å²) in [5.41, 5.74) is 3.51. The van der Waals surface area contributed by atoms with E-state index in [-0.39, 0.29) is 17.5 Å². The Bertz CT molecular complexity index is 1320. The smallest absolute Gasteiger partial charge is 0.316 e. The molecule has 1 fully saturated rings. The van der Waals surface area contributed by atoms with Crippen molar-refractivity contribution >= 4 is 16.9 Å². The number of amides is 1. The number of carbonyl (C=O) groups is 1. The summed E-state index contributed by atoms with van der Waals surface area (Å²) in [4.78, 5) is 19.1. The van der Waals surface area contributed by atoms with E-state index in [1.54, 1.807) is 6.07 Å². The minimum absolute atomic E-state index is 0.0805. The molecular formula is C26H27FN4O3. The Morgan fingerprint density at radius 2 is 1.97 bits per heavy atom. The molecular weight excluding hydrogens is 435 g/mol. The van der Waals surface area contributed by atoms with E-state index in [0.717, 1.165) is 53.6 Å². The normalized spacial score (nSPS) is 15.1. The van der Waals surface area contributed by atoms with Gasteiger partial charge in [0.1, 0.15) is 11.4 Å². The van der Waals surface area contributed by atoms with E-state index in [0.29, 0.717) is 24.8 Å². The SMILES string of the molecule is Cc1ccc2oc(-c3noc(C(=O)NCC4CCN(Cc5ccccc5F)CC4)n3)c(C)c2c1. The molecule has 1 amide bonds. The van der Waals surface area contributed by atoms with Gasteiger partial charge in [-0.1, -0.05) is 35.0 Å². The molecule has 0 unspecified atom stereocenters. The number of aromatic nitrogens is 2. The van der Waals surface area contributed by atoms with Crippen LogP contribution in [0.1, 0.15) is 40.2 Å². The van der Waals surface area contributed by atoms with Gasteiger partial charge in [0.15, 0.2) is 5.76 Å². The van der Waals surface area contributed by atoms with Crippen LogP contribution in [-0.4, -0.2) is 40.6 Å². The van der Waals surface area contributed by atoms with Gasteiger partial charge in [-0.25, -0.2) is 4.39 Å². The van der Waals surface area contributed by atoms with Gasteiger partial charge < -0.3 is 14.3 Å². The molecule has 5 rings (SSSR count). The summed E-state index contributed by atoms with van der Waals surface area (Å²) in [6.07, 6.45) is 1.86. The number of nitrogens with zero attached hydrogens (tertiary/aromatic N) is 3. The quantitative estimate of drug-likeness (QED) is 0.440. The summed E-state index contributed by atoms with van der Waals surface area (Å²) < 4.78 is 25.0. The van der Waals surface area contributed by atoms with Gasteiger partial charge in [0.2, 0.25) is 5.82 Å². The number of fused-ring (bicyclic) bond motifs is 1. The number of halogens is 1. The molecule has 2 aromatic heterocycles. The van der Waals surface area contributed by atoms with Crippen molar-refractivity contribution in [1.29, 1.82) is 0 Å². The summed E-state index contributed by atoms with van der Waals surface area (Å²) in [7, 11) is 0. The standard InChI is InChI=1S/C26H27FN4O3/c1-16-7-8-22-20(13-16)17(2)23(33-22)24-29-26(34-30-24)25(32)28-14-18-9-11-31(12-10-18)15-19-5-3-4-6-21(19)27/h3-8,13,18H,9-12,14-15H2,1-2H3,(H,28,32). The zero-order chi connectivity index (χ0) is 23.7. The first-order valence-electron chi connectivity index (χ1n) is 11.6. The lowest BCUT2D eigenvalue weighted by Gasteiger charge is -2.32. The summed E-state index contributed by atoms with van der Waals surface area (Å²) in [5, 5.41) is 7.86. The van der Waals surface area contributed by atoms with Crippen molar-refractivity contribution in [3.8, 4) is 11.6 Å². The first-order chi connectivity index (χ1) is 16.5. The molecule has 1 aliphatic rings. The molecule has 0 spiro atoms. The van der Waals surface area contributed by atoms with E-state index < -0.39 is 5.91 Å². The van der Waals surface area contributed by atoms with Gasteiger partial charge in [-0.2, -0.15) is 4.98 Å². The summed E-state index contributed by atoms with van der Waals surface area (Å²) in [6, 6.07) is 12.8. The van der Waals surface area contributed by atoms with Crippen LogP contribution in [0.2, 0.25) is 0 Å². The van der Waals surface area contributed by atoms with Crippen molar-refractivity contribution in [3.63, 3.8) is 0 Å². The lowest BCUT2D eigenvalue weighted by atomic mass is 9.96. The molecule has 0 saturated carbocycles. The molecule has 4 aromatic rings. The number of aryl methyl sites for hydroxylation is 2. The average Bonchev–Trinajstić information content (AvgIpc) is 3.45. The van der Waals surface area contributed by atoms with Crippen LogP contribution in [0.25, 0.3) is 22.6 Å². The van der Waals surface area contributed by atoms with E-state index in [1.165, 1.54) is 6.07 Å². The number of rotatable bonds is 6. The number of piperidine rings is 1. The Morgan fingerprint density at radius 1 is 1.18 bits per heavy atom. The minimum Gasteiger partial charge on any atom is -0.452 e. The van der Waals surface area contributed by atoms with E-state index in [1.807, 2.05) is 44.2 Å². The van der Waals surface area contributed by atoms with E-state index >= 15 is 0 Å². The van der Waals surface area contributed by atoms with Crippen LogP contribution < -0.4 is 5.32 Å². The van der Waals surface area contributed by atoms with Gasteiger partial charge in [-0.15, -0.1) is 0 Å². The molecule has 0 aliphatic carbocycles. The zero-order valence-corrected chi connectivity index (χ0v) is 19.3. The fraction of sp³-hybridized carbons (Fsp3) is 0.346. The predicted octanol–water partition coefficient (Wildman–Crippen LogP) is 4.88. The first-order valence-corrected chi connectivity index (χ1v) is 11.6. The Hall–Kier alpha value is -3.52. The average molecular weight is 463 g/mol. The molecule has 7 nitrogen and oxygen atoms in total. The second-order valence-electron chi connectivity index (χ2n) is 9.00. The number of nitrogens with one attached hydrogen (secondary N) is 1. The second-order valence-corrected chi connectivity index (χ2v) is 9.00. The summed E-state index contributed by atoms with van der Waals surface area (Å²) in [5.74, 6) is 0.483. The first kappa shape index (κ1) is 22.3. The molecule has 0 bridgehead atoms. The third kappa shape index (κ3) is 4.59. The highest BCUT2D eigenvalue weighted by Crippen LogP contribution is 2.32. The number of hydrogen-bond acceptors (Lipinski definition) is 6. The zero-order valence-electron chi connectivity index (χ0n) is 19.3. The van der Waals surface area contributed by atoms with Crippen LogP contribution in [0.5, 0.6) is 0 Å². The Kier molecular flexibility index (Phi) is 6.15. The lowest BCUT2D eigenvalue weighted by Crippen LogP contribution is -2.38. The van der Waals surface area contributed by atoms with Gasteiger partial charge in [-0.05, 0) is 63.9 Å². The molecule has 1 saturated heterocycles. The lowest BCUT2D eigenvalue weighted by molar-refractivity contribution is 0.0891. The molecule has 3 heterocycles. The molecule has 8 heteroatoms. The van der Waals surface area contributed by atoms with Crippen LogP contribution in [-0.2, 0) is 6.54 Å². The number of likely N-dealkylation sites (tertiary alicyclic amines) is 1. The van der Waals surface area contributed by atoms with Gasteiger partial charge in [0.05, 0.1) is 0 Å². The Labute approximate surface area is 196 Å². The van der Waals surface area contributed by atoms with Gasteiger partial charge in [0, 0.05) is 29.6 Å². The maximum absolute atomic E-state index is 13.9. The topological polar surface area (TPSA) is 84.4 Å². The van der Waals surface area contributed by atoms with Gasteiger partial charge in [0.25, 0.3) is 0 Å². The molecule has 1 N–H and O–H groups in total. The Balaban J connectivity index is 1.15. The fourth-order valence-corrected chi connectivity index (χ4v) is 4.48. The van der Waals surface area contributed by atoms with Crippen LogP contribution in [0.15, 0.2) is 51.4 Å².